The van der Waals surface area contributed by atoms with E-state index in [1.165, 1.54) is 37.7 Å². The second kappa shape index (κ2) is 11.3. The zero-order valence-electron chi connectivity index (χ0n) is 23.7. The van der Waals surface area contributed by atoms with Crippen molar-refractivity contribution in [3.63, 3.8) is 0 Å². The third-order valence-corrected chi connectivity index (χ3v) is 8.19. The van der Waals surface area contributed by atoms with Gasteiger partial charge >= 0.3 is 7.12 Å². The van der Waals surface area contributed by atoms with Crippen molar-refractivity contribution in [2.45, 2.75) is 71.1 Å². The van der Waals surface area contributed by atoms with Gasteiger partial charge in [0.1, 0.15) is 5.82 Å². The van der Waals surface area contributed by atoms with Crippen LogP contribution in [0.3, 0.4) is 0 Å². The molecule has 40 heavy (non-hydrogen) atoms. The van der Waals surface area contributed by atoms with Crippen LogP contribution in [0.25, 0.3) is 22.2 Å². The summed E-state index contributed by atoms with van der Waals surface area (Å²) in [6.45, 7) is 12.5. The summed E-state index contributed by atoms with van der Waals surface area (Å²) in [5.41, 5.74) is 3.87. The SMILES string of the molecule is CC1(C)OB(c2ccc(F)nc2)OC1(C)C.C[C@@H]1CCCN1CCc1nc2ccc(-c3ccc(F)nc3)cc2[nH]1. The van der Waals surface area contributed by atoms with Gasteiger partial charge in [-0.1, -0.05) is 12.1 Å². The van der Waals surface area contributed by atoms with Crippen molar-refractivity contribution in [3.05, 3.63) is 72.6 Å². The number of benzene rings is 1. The van der Waals surface area contributed by atoms with Gasteiger partial charge in [0, 0.05) is 42.4 Å². The van der Waals surface area contributed by atoms with Crippen LogP contribution in [0.1, 0.15) is 53.3 Å². The second-order valence-corrected chi connectivity index (χ2v) is 11.6. The summed E-state index contributed by atoms with van der Waals surface area (Å²) in [5, 5.41) is 0. The summed E-state index contributed by atoms with van der Waals surface area (Å²) in [7, 11) is -0.474. The molecule has 1 aromatic carbocycles. The van der Waals surface area contributed by atoms with Crippen molar-refractivity contribution in [2.75, 3.05) is 13.1 Å². The smallest absolute Gasteiger partial charge is 0.399 e. The first-order valence-corrected chi connectivity index (χ1v) is 13.8. The van der Waals surface area contributed by atoms with Crippen molar-refractivity contribution in [2.24, 2.45) is 0 Å². The van der Waals surface area contributed by atoms with Gasteiger partial charge in [0.05, 0.1) is 22.2 Å². The third-order valence-electron chi connectivity index (χ3n) is 8.19. The van der Waals surface area contributed by atoms with Gasteiger partial charge in [-0.3, -0.25) is 0 Å². The molecule has 0 bridgehead atoms. The molecule has 0 amide bonds. The van der Waals surface area contributed by atoms with Crippen LogP contribution in [-0.4, -0.2) is 62.3 Å². The number of halogens is 2. The molecule has 0 unspecified atom stereocenters. The molecule has 0 aliphatic carbocycles. The van der Waals surface area contributed by atoms with E-state index in [9.17, 15) is 8.78 Å². The van der Waals surface area contributed by atoms with Crippen molar-refractivity contribution in [1.29, 1.82) is 0 Å². The summed E-state index contributed by atoms with van der Waals surface area (Å²) >= 11 is 0. The highest BCUT2D eigenvalue weighted by Crippen LogP contribution is 2.36. The van der Waals surface area contributed by atoms with Crippen LogP contribution in [0.5, 0.6) is 0 Å². The molecular formula is C30H36BF2N5O2. The number of rotatable bonds is 5. The van der Waals surface area contributed by atoms with E-state index >= 15 is 0 Å². The summed E-state index contributed by atoms with van der Waals surface area (Å²) in [6, 6.07) is 12.8. The van der Waals surface area contributed by atoms with E-state index in [0.717, 1.165) is 46.4 Å². The number of hydrogen-bond acceptors (Lipinski definition) is 6. The number of likely N-dealkylation sites (tertiary alicyclic amines) is 1. The maximum atomic E-state index is 13.0. The van der Waals surface area contributed by atoms with Gasteiger partial charge in [-0.25, -0.2) is 15.0 Å². The predicted molar refractivity (Wildman–Crippen MR) is 153 cm³/mol. The number of aromatic amines is 1. The number of imidazole rings is 1. The Kier molecular flexibility index (Phi) is 8.04. The van der Waals surface area contributed by atoms with Crippen molar-refractivity contribution in [1.82, 2.24) is 24.8 Å². The molecule has 4 aromatic rings. The highest BCUT2D eigenvalue weighted by molar-refractivity contribution is 6.62. The van der Waals surface area contributed by atoms with Crippen LogP contribution in [0.2, 0.25) is 0 Å². The molecule has 1 atom stereocenters. The van der Waals surface area contributed by atoms with Crippen molar-refractivity contribution in [3.8, 4) is 11.1 Å². The average molecular weight is 547 g/mol. The molecule has 6 rings (SSSR count). The first-order chi connectivity index (χ1) is 19.0. The molecular weight excluding hydrogens is 511 g/mol. The molecule has 210 valence electrons. The molecule has 7 nitrogen and oxygen atoms in total. The number of nitrogens with one attached hydrogen (secondary N) is 1. The summed E-state index contributed by atoms with van der Waals surface area (Å²) < 4.78 is 37.3. The summed E-state index contributed by atoms with van der Waals surface area (Å²) in [4.78, 5) is 18.0. The number of fused-ring (bicyclic) bond motifs is 1. The molecule has 2 aliphatic rings. The quantitative estimate of drug-likeness (QED) is 0.270. The standard InChI is InChI=1S/C19H21FN4.C11H15BFNO2/c1-13-3-2-9-24(13)10-8-19-22-16-6-4-14(11-17(16)23-19)15-5-7-18(20)21-12-15;1-10(2)11(3,4)16-12(15-10)8-5-6-9(13)14-7-8/h4-7,11-13H,2-3,8-10H2,1H3,(H,22,23);5-7H,1-4H3/t13-;/m1./s1. The number of hydrogen-bond donors (Lipinski definition) is 1. The molecule has 0 spiro atoms. The molecule has 3 aromatic heterocycles. The lowest BCUT2D eigenvalue weighted by Crippen LogP contribution is -2.41. The number of nitrogens with zero attached hydrogens (tertiary/aromatic N) is 4. The fourth-order valence-corrected chi connectivity index (χ4v) is 4.99. The summed E-state index contributed by atoms with van der Waals surface area (Å²) in [6.07, 6.45) is 6.54. The summed E-state index contributed by atoms with van der Waals surface area (Å²) in [5.74, 6) is 0.0681. The lowest BCUT2D eigenvalue weighted by Gasteiger charge is -2.32. The Morgan fingerprint density at radius 3 is 2.23 bits per heavy atom. The van der Waals surface area contributed by atoms with E-state index in [1.807, 2.05) is 39.8 Å². The van der Waals surface area contributed by atoms with Gasteiger partial charge in [-0.05, 0) is 89.9 Å². The fourth-order valence-electron chi connectivity index (χ4n) is 4.99. The van der Waals surface area contributed by atoms with Gasteiger partial charge in [0.2, 0.25) is 11.9 Å². The Bertz CT molecular complexity index is 1430. The Morgan fingerprint density at radius 1 is 0.950 bits per heavy atom. The van der Waals surface area contributed by atoms with Crippen LogP contribution in [0.4, 0.5) is 8.78 Å². The topological polar surface area (TPSA) is 76.2 Å². The lowest BCUT2D eigenvalue weighted by atomic mass is 9.80. The molecule has 2 fully saturated rings. The molecule has 2 aliphatic heterocycles. The largest absolute Gasteiger partial charge is 0.496 e. The van der Waals surface area contributed by atoms with Gasteiger partial charge in [-0.15, -0.1) is 0 Å². The van der Waals surface area contributed by atoms with Crippen LogP contribution >= 0.6 is 0 Å². The predicted octanol–water partition coefficient (Wildman–Crippen LogP) is 5.31. The van der Waals surface area contributed by atoms with Crippen LogP contribution in [-0.2, 0) is 15.7 Å². The zero-order valence-corrected chi connectivity index (χ0v) is 23.7. The maximum Gasteiger partial charge on any atom is 0.496 e. The van der Waals surface area contributed by atoms with Crippen LogP contribution in [0.15, 0.2) is 54.9 Å². The van der Waals surface area contributed by atoms with Gasteiger partial charge in [-0.2, -0.15) is 8.78 Å². The second-order valence-electron chi connectivity index (χ2n) is 11.6. The molecule has 5 heterocycles. The van der Waals surface area contributed by atoms with Gasteiger partial charge in [0.15, 0.2) is 0 Å². The minimum Gasteiger partial charge on any atom is -0.399 e. The molecule has 2 saturated heterocycles. The minimum atomic E-state index is -0.500. The first-order valence-electron chi connectivity index (χ1n) is 13.8. The number of H-pyrrole nitrogens is 1. The highest BCUT2D eigenvalue weighted by atomic mass is 19.1. The Balaban J connectivity index is 0.000000176. The van der Waals surface area contributed by atoms with E-state index in [-0.39, 0.29) is 11.2 Å². The fraction of sp³-hybridized carbons (Fsp3) is 0.433. The third kappa shape index (κ3) is 6.24. The molecule has 10 heteroatoms. The Hall–Kier alpha value is -3.21. The molecule has 0 saturated carbocycles. The van der Waals surface area contributed by atoms with Crippen molar-refractivity contribution < 1.29 is 18.1 Å². The number of pyridine rings is 2. The monoisotopic (exact) mass is 547 g/mol. The van der Waals surface area contributed by atoms with E-state index in [1.54, 1.807) is 18.3 Å². The highest BCUT2D eigenvalue weighted by Gasteiger charge is 2.51. The average Bonchev–Trinajstić information content (AvgIpc) is 3.58. The van der Waals surface area contributed by atoms with E-state index in [0.29, 0.717) is 6.04 Å². The molecule has 1 N–H and O–H groups in total. The van der Waals surface area contributed by atoms with Gasteiger partial charge < -0.3 is 19.2 Å². The maximum absolute atomic E-state index is 13.0. The van der Waals surface area contributed by atoms with E-state index in [4.69, 9.17) is 9.31 Å². The first kappa shape index (κ1) is 28.3. The van der Waals surface area contributed by atoms with E-state index in [2.05, 4.69) is 37.8 Å². The van der Waals surface area contributed by atoms with Crippen LogP contribution < -0.4 is 5.46 Å². The van der Waals surface area contributed by atoms with Crippen molar-refractivity contribution >= 4 is 23.6 Å². The zero-order chi connectivity index (χ0) is 28.5. The Labute approximate surface area is 234 Å². The minimum absolute atomic E-state index is 0.383. The van der Waals surface area contributed by atoms with E-state index < -0.39 is 19.0 Å². The Morgan fingerprint density at radius 2 is 1.62 bits per heavy atom. The number of aromatic nitrogens is 4. The van der Waals surface area contributed by atoms with Crippen LogP contribution in [0, 0.1) is 11.9 Å². The van der Waals surface area contributed by atoms with Gasteiger partial charge in [0.25, 0.3) is 0 Å². The normalized spacial score (nSPS) is 20.1. The lowest BCUT2D eigenvalue weighted by molar-refractivity contribution is 0.00578. The molecule has 0 radical (unpaired) electrons.